The van der Waals surface area contributed by atoms with Crippen molar-refractivity contribution in [2.24, 2.45) is 7.05 Å². The number of Topliss-reactive ketones (excluding diaryl/α,β-unsaturated/α-hetero) is 1. The summed E-state index contributed by atoms with van der Waals surface area (Å²) in [5, 5.41) is 19.2. The Morgan fingerprint density at radius 3 is 2.32 bits per heavy atom. The van der Waals surface area contributed by atoms with E-state index < -0.39 is 76.3 Å². The van der Waals surface area contributed by atoms with Gasteiger partial charge in [-0.05, 0) is 33.8 Å². The quantitative estimate of drug-likeness (QED) is 0.339. The fraction of sp³-hybridized carbons (Fsp3) is 0.476. The van der Waals surface area contributed by atoms with Gasteiger partial charge in [-0.2, -0.15) is 41.1 Å². The van der Waals surface area contributed by atoms with Crippen LogP contribution in [0.3, 0.4) is 0 Å². The number of carbonyl (C=O) groups is 1. The molecule has 38 heavy (non-hydrogen) atoms. The van der Waals surface area contributed by atoms with Gasteiger partial charge in [0.25, 0.3) is 0 Å². The molecule has 0 aliphatic carbocycles. The Morgan fingerprint density at radius 2 is 1.82 bits per heavy atom. The first-order valence-corrected chi connectivity index (χ1v) is 10.7. The van der Waals surface area contributed by atoms with Gasteiger partial charge in [0.05, 0.1) is 5.56 Å². The smallest absolute Gasteiger partial charge is 0.435 e. The minimum absolute atomic E-state index is 0.152. The number of nitrogens with one attached hydrogen (secondary N) is 1. The maximum atomic E-state index is 15.1. The lowest BCUT2D eigenvalue weighted by Crippen LogP contribution is -2.32. The van der Waals surface area contributed by atoms with Gasteiger partial charge in [-0.3, -0.25) is 14.5 Å². The average molecular weight is 554 g/mol. The number of rotatable bonds is 7. The Balaban J connectivity index is 2.18. The molecule has 1 atom stereocenters. The second-order valence-electron chi connectivity index (χ2n) is 8.86. The van der Waals surface area contributed by atoms with E-state index in [1.807, 2.05) is 0 Å². The first-order chi connectivity index (χ1) is 17.2. The van der Waals surface area contributed by atoms with E-state index >= 15 is 4.39 Å². The van der Waals surface area contributed by atoms with Crippen molar-refractivity contribution in [2.75, 3.05) is 0 Å². The molecular weight excluding hydrogens is 533 g/mol. The van der Waals surface area contributed by atoms with Gasteiger partial charge in [0.2, 0.25) is 5.88 Å². The fourth-order valence-electron chi connectivity index (χ4n) is 3.40. The van der Waals surface area contributed by atoms with Crippen LogP contribution in [0.4, 0.5) is 30.7 Å². The van der Waals surface area contributed by atoms with Crippen molar-refractivity contribution >= 4 is 5.78 Å². The van der Waals surface area contributed by atoms with Crippen LogP contribution in [-0.2, 0) is 25.2 Å². The van der Waals surface area contributed by atoms with Gasteiger partial charge < -0.3 is 9.84 Å². The number of pyridine rings is 1. The highest BCUT2D eigenvalue weighted by Crippen LogP contribution is 2.33. The standard InChI is InChI=1S/C21H21F7N6O4/c1-8-10(14(31-30-8)21(26,27)28)7-13(35)11-6-12(22)15(29-16(11)38-9(2)20(23,24)25)34-18(36)33(5)17(32-34)19(3,4)37/h6,9,37H,7H2,1-5H3,(H,30,31)/t9-/m0/s1. The van der Waals surface area contributed by atoms with Gasteiger partial charge in [-0.15, -0.1) is 5.10 Å². The van der Waals surface area contributed by atoms with Gasteiger partial charge in [0.15, 0.2) is 35.0 Å². The van der Waals surface area contributed by atoms with E-state index in [-0.39, 0.29) is 11.5 Å². The molecule has 0 bridgehead atoms. The number of carbonyl (C=O) groups excluding carboxylic acids is 1. The SMILES string of the molecule is Cc1[nH]nc(C(F)(F)F)c1CC(=O)c1cc(F)c(-n2nc(C(C)(C)O)n(C)c2=O)nc1O[C@@H](C)C(F)(F)F. The molecule has 0 amide bonds. The number of aromatic amines is 1. The lowest BCUT2D eigenvalue weighted by Gasteiger charge is -2.19. The van der Waals surface area contributed by atoms with Gasteiger partial charge in [-0.1, -0.05) is 0 Å². The number of halogens is 7. The zero-order valence-electron chi connectivity index (χ0n) is 20.4. The summed E-state index contributed by atoms with van der Waals surface area (Å²) in [5.74, 6) is -5.04. The summed E-state index contributed by atoms with van der Waals surface area (Å²) in [4.78, 5) is 29.2. The molecule has 3 rings (SSSR count). The molecule has 0 saturated heterocycles. The zero-order valence-corrected chi connectivity index (χ0v) is 20.4. The average Bonchev–Trinajstić information content (AvgIpc) is 3.27. The van der Waals surface area contributed by atoms with Gasteiger partial charge in [0, 0.05) is 24.7 Å². The molecule has 0 spiro atoms. The Hall–Kier alpha value is -3.76. The van der Waals surface area contributed by atoms with Crippen molar-refractivity contribution < 1.29 is 45.4 Å². The summed E-state index contributed by atoms with van der Waals surface area (Å²) < 4.78 is 101. The number of hydrogen-bond donors (Lipinski definition) is 2. The van der Waals surface area contributed by atoms with Crippen LogP contribution in [0, 0.1) is 12.7 Å². The third-order valence-corrected chi connectivity index (χ3v) is 5.38. The van der Waals surface area contributed by atoms with Crippen LogP contribution < -0.4 is 10.4 Å². The van der Waals surface area contributed by atoms with E-state index in [2.05, 4.69) is 20.3 Å². The van der Waals surface area contributed by atoms with Crippen LogP contribution in [-0.4, -0.2) is 52.7 Å². The van der Waals surface area contributed by atoms with E-state index in [4.69, 9.17) is 4.74 Å². The minimum atomic E-state index is -4.98. The molecule has 3 heterocycles. The van der Waals surface area contributed by atoms with Crippen LogP contribution >= 0.6 is 0 Å². The molecule has 0 fully saturated rings. The van der Waals surface area contributed by atoms with E-state index in [0.29, 0.717) is 17.7 Å². The number of ketones is 1. The third kappa shape index (κ3) is 5.56. The maximum absolute atomic E-state index is 15.1. The molecule has 0 unspecified atom stereocenters. The molecule has 3 aromatic heterocycles. The lowest BCUT2D eigenvalue weighted by atomic mass is 10.0. The number of aromatic nitrogens is 6. The predicted molar refractivity (Wildman–Crippen MR) is 114 cm³/mol. The number of ether oxygens (including phenoxy) is 1. The molecule has 208 valence electrons. The van der Waals surface area contributed by atoms with Crippen LogP contribution in [0.15, 0.2) is 10.9 Å². The first kappa shape index (κ1) is 28.8. The zero-order chi connectivity index (χ0) is 29.0. The van der Waals surface area contributed by atoms with Gasteiger partial charge in [-0.25, -0.2) is 9.18 Å². The Morgan fingerprint density at radius 1 is 1.21 bits per heavy atom. The summed E-state index contributed by atoms with van der Waals surface area (Å²) in [6.45, 7) is 4.26. The van der Waals surface area contributed by atoms with Gasteiger partial charge >= 0.3 is 18.0 Å². The van der Waals surface area contributed by atoms with Crippen molar-refractivity contribution in [1.29, 1.82) is 0 Å². The van der Waals surface area contributed by atoms with Crippen LogP contribution in [0.25, 0.3) is 5.82 Å². The number of nitrogens with zero attached hydrogens (tertiary/aromatic N) is 5. The second kappa shape index (κ2) is 9.52. The summed E-state index contributed by atoms with van der Waals surface area (Å²) >= 11 is 0. The number of hydrogen-bond acceptors (Lipinski definition) is 7. The number of aliphatic hydroxyl groups is 1. The monoisotopic (exact) mass is 554 g/mol. The molecule has 0 aromatic carbocycles. The van der Waals surface area contributed by atoms with Crippen molar-refractivity contribution in [1.82, 2.24) is 29.5 Å². The molecule has 3 aromatic rings. The summed E-state index contributed by atoms with van der Waals surface area (Å²) in [7, 11) is 1.18. The molecule has 0 aliphatic heterocycles. The highest BCUT2D eigenvalue weighted by Gasteiger charge is 2.41. The van der Waals surface area contributed by atoms with E-state index in [0.717, 1.165) is 4.57 Å². The molecule has 2 N–H and O–H groups in total. The van der Waals surface area contributed by atoms with Crippen molar-refractivity contribution in [2.45, 2.75) is 58.2 Å². The summed E-state index contributed by atoms with van der Waals surface area (Å²) in [6, 6.07) is 0.386. The molecule has 17 heteroatoms. The number of alkyl halides is 6. The topological polar surface area (TPSA) is 128 Å². The van der Waals surface area contributed by atoms with Crippen LogP contribution in [0.5, 0.6) is 5.88 Å². The van der Waals surface area contributed by atoms with Crippen molar-refractivity contribution in [3.63, 3.8) is 0 Å². The van der Waals surface area contributed by atoms with E-state index in [1.54, 1.807) is 0 Å². The van der Waals surface area contributed by atoms with Crippen molar-refractivity contribution in [3.05, 3.63) is 50.7 Å². The normalized spacial score (nSPS) is 13.6. The second-order valence-corrected chi connectivity index (χ2v) is 8.86. The Kier molecular flexibility index (Phi) is 7.22. The molecular formula is C21H21F7N6O4. The fourth-order valence-corrected chi connectivity index (χ4v) is 3.40. The van der Waals surface area contributed by atoms with E-state index in [9.17, 15) is 41.0 Å². The molecule has 0 radical (unpaired) electrons. The molecule has 10 nitrogen and oxygen atoms in total. The van der Waals surface area contributed by atoms with Gasteiger partial charge in [0.1, 0.15) is 5.60 Å². The van der Waals surface area contributed by atoms with Crippen LogP contribution in [0.2, 0.25) is 0 Å². The third-order valence-electron chi connectivity index (χ3n) is 5.38. The first-order valence-electron chi connectivity index (χ1n) is 10.7. The van der Waals surface area contributed by atoms with E-state index in [1.165, 1.54) is 27.8 Å². The predicted octanol–water partition coefficient (Wildman–Crippen LogP) is 3.14. The van der Waals surface area contributed by atoms with Crippen LogP contribution in [0.1, 0.15) is 53.9 Å². The molecule has 0 saturated carbocycles. The highest BCUT2D eigenvalue weighted by molar-refractivity contribution is 5.99. The maximum Gasteiger partial charge on any atom is 0.435 e. The van der Waals surface area contributed by atoms with Crippen molar-refractivity contribution in [3.8, 4) is 11.7 Å². The Labute approximate surface area is 209 Å². The number of H-pyrrole nitrogens is 1. The summed E-state index contributed by atoms with van der Waals surface area (Å²) in [6.07, 6.45) is -13.6. The Bertz CT molecular complexity index is 1430. The number of aryl methyl sites for hydroxylation is 1. The lowest BCUT2D eigenvalue weighted by molar-refractivity contribution is -0.190. The largest absolute Gasteiger partial charge is 0.464 e. The minimum Gasteiger partial charge on any atom is -0.464 e. The molecule has 0 aliphatic rings. The highest BCUT2D eigenvalue weighted by atomic mass is 19.4. The summed E-state index contributed by atoms with van der Waals surface area (Å²) in [5.41, 5.74) is -5.86.